The molecule has 5 nitrogen and oxygen atoms in total. The van der Waals surface area contributed by atoms with Crippen LogP contribution in [-0.4, -0.2) is 35.5 Å². The summed E-state index contributed by atoms with van der Waals surface area (Å²) in [5, 5.41) is 8.54. The minimum atomic E-state index is -1.04. The van der Waals surface area contributed by atoms with E-state index in [2.05, 4.69) is 0 Å². The van der Waals surface area contributed by atoms with Gasteiger partial charge in [0.25, 0.3) is 5.91 Å². The number of rotatable bonds is 3. The van der Waals surface area contributed by atoms with Gasteiger partial charge in [-0.2, -0.15) is 0 Å². The molecule has 0 unspecified atom stereocenters. The summed E-state index contributed by atoms with van der Waals surface area (Å²) in [4.78, 5) is 23.3. The maximum Gasteiger partial charge on any atom is 0.323 e. The van der Waals surface area contributed by atoms with Crippen LogP contribution in [0.3, 0.4) is 0 Å². The molecule has 0 aliphatic rings. The third-order valence-corrected chi connectivity index (χ3v) is 1.99. The second-order valence-electron chi connectivity index (χ2n) is 3.38. The molecule has 0 spiro atoms. The Morgan fingerprint density at radius 3 is 2.47 bits per heavy atom. The summed E-state index contributed by atoms with van der Waals surface area (Å²) in [5.41, 5.74) is 0.413. The van der Waals surface area contributed by atoms with Crippen LogP contribution in [0.25, 0.3) is 0 Å². The molecule has 0 saturated heterocycles. The summed E-state index contributed by atoms with van der Waals surface area (Å²) in [6.45, 7) is 3.10. The van der Waals surface area contributed by atoms with Gasteiger partial charge in [0.05, 0.1) is 5.56 Å². The molecule has 15 heavy (non-hydrogen) atoms. The van der Waals surface area contributed by atoms with Gasteiger partial charge in [0.1, 0.15) is 18.1 Å². The first kappa shape index (κ1) is 11.3. The van der Waals surface area contributed by atoms with Gasteiger partial charge in [-0.3, -0.25) is 9.59 Å². The minimum absolute atomic E-state index is 0.317. The van der Waals surface area contributed by atoms with Crippen LogP contribution in [0.1, 0.15) is 21.9 Å². The lowest BCUT2D eigenvalue weighted by atomic mass is 10.2. The van der Waals surface area contributed by atoms with Crippen molar-refractivity contribution < 1.29 is 19.1 Å². The SMILES string of the molecule is Cc1cc(C(=O)N(C)CC(=O)O)c(C)o1. The minimum Gasteiger partial charge on any atom is -0.480 e. The predicted octanol–water partition coefficient (Wildman–Crippen LogP) is 1.05. The molecule has 0 aliphatic heterocycles. The van der Waals surface area contributed by atoms with Gasteiger partial charge < -0.3 is 14.4 Å². The smallest absolute Gasteiger partial charge is 0.323 e. The number of carboxylic acid groups (broad SMARTS) is 1. The van der Waals surface area contributed by atoms with Crippen LogP contribution < -0.4 is 0 Å². The Kier molecular flexibility index (Phi) is 3.14. The first-order valence-corrected chi connectivity index (χ1v) is 4.46. The summed E-state index contributed by atoms with van der Waals surface area (Å²) in [7, 11) is 1.44. The quantitative estimate of drug-likeness (QED) is 0.811. The number of hydrogen-bond acceptors (Lipinski definition) is 3. The molecule has 1 amide bonds. The summed E-state index contributed by atoms with van der Waals surface area (Å²) in [6, 6.07) is 1.61. The van der Waals surface area contributed by atoms with Gasteiger partial charge in [0.2, 0.25) is 0 Å². The molecule has 0 bridgehead atoms. The van der Waals surface area contributed by atoms with Crippen molar-refractivity contribution in [3.8, 4) is 0 Å². The van der Waals surface area contributed by atoms with Crippen LogP contribution in [0, 0.1) is 13.8 Å². The standard InChI is InChI=1S/C10H13NO4/c1-6-4-8(7(2)15-6)10(14)11(3)5-9(12)13/h4H,5H2,1-3H3,(H,12,13). The maximum atomic E-state index is 11.7. The number of amides is 1. The van der Waals surface area contributed by atoms with E-state index in [0.29, 0.717) is 17.1 Å². The Balaban J connectivity index is 2.84. The average molecular weight is 211 g/mol. The molecular weight excluding hydrogens is 198 g/mol. The van der Waals surface area contributed by atoms with Gasteiger partial charge in [-0.05, 0) is 19.9 Å². The third-order valence-electron chi connectivity index (χ3n) is 1.99. The molecule has 1 aromatic heterocycles. The highest BCUT2D eigenvalue weighted by Gasteiger charge is 2.18. The fraction of sp³-hybridized carbons (Fsp3) is 0.400. The van der Waals surface area contributed by atoms with Crippen LogP contribution >= 0.6 is 0 Å². The van der Waals surface area contributed by atoms with Crippen molar-refractivity contribution in [3.05, 3.63) is 23.2 Å². The van der Waals surface area contributed by atoms with E-state index in [0.717, 1.165) is 4.90 Å². The molecule has 5 heteroatoms. The topological polar surface area (TPSA) is 70.8 Å². The Hall–Kier alpha value is -1.78. The molecule has 0 aromatic carbocycles. The lowest BCUT2D eigenvalue weighted by Gasteiger charge is -2.13. The number of aliphatic carboxylic acids is 1. The molecule has 1 heterocycles. The van der Waals surface area contributed by atoms with Crippen molar-refractivity contribution in [1.82, 2.24) is 4.90 Å². The van der Waals surface area contributed by atoms with E-state index >= 15 is 0 Å². The van der Waals surface area contributed by atoms with Crippen molar-refractivity contribution in [2.45, 2.75) is 13.8 Å². The number of hydrogen-bond donors (Lipinski definition) is 1. The lowest BCUT2D eigenvalue weighted by molar-refractivity contribution is -0.137. The van der Waals surface area contributed by atoms with Gasteiger partial charge in [-0.25, -0.2) is 0 Å². The molecular formula is C10H13NO4. The number of carbonyl (C=O) groups excluding carboxylic acids is 1. The average Bonchev–Trinajstić information content (AvgIpc) is 2.42. The van der Waals surface area contributed by atoms with Crippen molar-refractivity contribution in [1.29, 1.82) is 0 Å². The van der Waals surface area contributed by atoms with E-state index < -0.39 is 5.97 Å². The number of aryl methyl sites for hydroxylation is 2. The number of furan rings is 1. The molecule has 1 N–H and O–H groups in total. The highest BCUT2D eigenvalue weighted by molar-refractivity contribution is 5.96. The van der Waals surface area contributed by atoms with E-state index in [4.69, 9.17) is 9.52 Å². The molecule has 0 aliphatic carbocycles. The highest BCUT2D eigenvalue weighted by atomic mass is 16.4. The molecule has 1 rings (SSSR count). The fourth-order valence-corrected chi connectivity index (χ4v) is 1.32. The molecule has 0 radical (unpaired) electrons. The predicted molar refractivity (Wildman–Crippen MR) is 52.8 cm³/mol. The van der Waals surface area contributed by atoms with Gasteiger partial charge in [0, 0.05) is 7.05 Å². The maximum absolute atomic E-state index is 11.7. The van der Waals surface area contributed by atoms with Crippen LogP contribution in [0.15, 0.2) is 10.5 Å². The number of nitrogens with zero attached hydrogens (tertiary/aromatic N) is 1. The molecule has 82 valence electrons. The summed E-state index contributed by atoms with van der Waals surface area (Å²) >= 11 is 0. The largest absolute Gasteiger partial charge is 0.480 e. The Morgan fingerprint density at radius 2 is 2.07 bits per heavy atom. The summed E-state index contributed by atoms with van der Waals surface area (Å²) in [5.74, 6) is -0.232. The van der Waals surface area contributed by atoms with E-state index in [1.54, 1.807) is 19.9 Å². The Bertz CT molecular complexity index is 394. The second kappa shape index (κ2) is 4.16. The zero-order chi connectivity index (χ0) is 11.6. The first-order chi connectivity index (χ1) is 6.91. The van der Waals surface area contributed by atoms with Gasteiger partial charge in [-0.1, -0.05) is 0 Å². The molecule has 0 fully saturated rings. The van der Waals surface area contributed by atoms with Crippen molar-refractivity contribution in [3.63, 3.8) is 0 Å². The van der Waals surface area contributed by atoms with Crippen molar-refractivity contribution in [2.75, 3.05) is 13.6 Å². The van der Waals surface area contributed by atoms with E-state index in [-0.39, 0.29) is 12.5 Å². The van der Waals surface area contributed by atoms with E-state index in [9.17, 15) is 9.59 Å². The number of carbonyl (C=O) groups is 2. The van der Waals surface area contributed by atoms with E-state index in [1.807, 2.05) is 0 Å². The van der Waals surface area contributed by atoms with Crippen LogP contribution in [-0.2, 0) is 4.79 Å². The zero-order valence-electron chi connectivity index (χ0n) is 8.90. The molecule has 0 atom stereocenters. The Morgan fingerprint density at radius 1 is 1.47 bits per heavy atom. The van der Waals surface area contributed by atoms with Crippen LogP contribution in [0.5, 0.6) is 0 Å². The van der Waals surface area contributed by atoms with Crippen LogP contribution in [0.4, 0.5) is 0 Å². The summed E-state index contributed by atoms with van der Waals surface area (Å²) < 4.78 is 5.20. The molecule has 0 saturated carbocycles. The molecule has 1 aromatic rings. The first-order valence-electron chi connectivity index (χ1n) is 4.46. The van der Waals surface area contributed by atoms with Gasteiger partial charge in [-0.15, -0.1) is 0 Å². The van der Waals surface area contributed by atoms with Crippen molar-refractivity contribution >= 4 is 11.9 Å². The fourth-order valence-electron chi connectivity index (χ4n) is 1.32. The summed E-state index contributed by atoms with van der Waals surface area (Å²) in [6.07, 6.45) is 0. The highest BCUT2D eigenvalue weighted by Crippen LogP contribution is 2.15. The van der Waals surface area contributed by atoms with Gasteiger partial charge in [0.15, 0.2) is 0 Å². The van der Waals surface area contributed by atoms with Crippen molar-refractivity contribution in [2.24, 2.45) is 0 Å². The number of likely N-dealkylation sites (N-methyl/N-ethyl adjacent to an activating group) is 1. The Labute approximate surface area is 87.3 Å². The second-order valence-corrected chi connectivity index (χ2v) is 3.38. The zero-order valence-corrected chi connectivity index (χ0v) is 8.90. The van der Waals surface area contributed by atoms with Crippen LogP contribution in [0.2, 0.25) is 0 Å². The van der Waals surface area contributed by atoms with Gasteiger partial charge >= 0.3 is 5.97 Å². The van der Waals surface area contributed by atoms with E-state index in [1.165, 1.54) is 7.05 Å². The third kappa shape index (κ3) is 2.59. The lowest BCUT2D eigenvalue weighted by Crippen LogP contribution is -2.32. The number of carboxylic acids is 1. The normalized spacial score (nSPS) is 10.1. The monoisotopic (exact) mass is 211 g/mol.